The van der Waals surface area contributed by atoms with Crippen LogP contribution in [0.1, 0.15) is 17.2 Å². The molecule has 1 heterocycles. The maximum atomic E-state index is 5.25. The number of hydrogen-bond donors (Lipinski definition) is 1. The van der Waals surface area contributed by atoms with E-state index in [0.717, 1.165) is 18.0 Å². The van der Waals surface area contributed by atoms with Gasteiger partial charge in [-0.05, 0) is 29.3 Å². The number of rotatable bonds is 4. The zero-order valence-electron chi connectivity index (χ0n) is 10.9. The Morgan fingerprint density at radius 2 is 2.11 bits per heavy atom. The number of thioether (sulfide) groups is 1. The molecule has 0 bridgehead atoms. The first-order valence-electron chi connectivity index (χ1n) is 6.45. The first kappa shape index (κ1) is 12.6. The summed E-state index contributed by atoms with van der Waals surface area (Å²) < 4.78 is 5.25. The Labute approximate surface area is 118 Å². The fourth-order valence-electron chi connectivity index (χ4n) is 2.36. The summed E-state index contributed by atoms with van der Waals surface area (Å²) in [5.41, 5.74) is 2.68. The highest BCUT2D eigenvalue weighted by Gasteiger charge is 2.21. The molecule has 19 heavy (non-hydrogen) atoms. The number of benzene rings is 2. The largest absolute Gasteiger partial charge is 0.497 e. The molecule has 1 aliphatic heterocycles. The van der Waals surface area contributed by atoms with E-state index in [0.29, 0.717) is 6.04 Å². The summed E-state index contributed by atoms with van der Waals surface area (Å²) >= 11 is 1.93. The quantitative estimate of drug-likeness (QED) is 0.917. The first-order valence-corrected chi connectivity index (χ1v) is 7.43. The van der Waals surface area contributed by atoms with E-state index >= 15 is 0 Å². The van der Waals surface area contributed by atoms with E-state index in [1.165, 1.54) is 16.0 Å². The minimum absolute atomic E-state index is 0.451. The van der Waals surface area contributed by atoms with Gasteiger partial charge in [-0.25, -0.2) is 0 Å². The molecule has 1 aliphatic rings. The number of fused-ring (bicyclic) bond motifs is 1. The summed E-state index contributed by atoms with van der Waals surface area (Å²) in [5, 5.41) is 3.63. The van der Waals surface area contributed by atoms with Crippen LogP contribution in [0.3, 0.4) is 0 Å². The first-order chi connectivity index (χ1) is 9.36. The van der Waals surface area contributed by atoms with Crippen molar-refractivity contribution in [1.29, 1.82) is 0 Å². The number of nitrogens with one attached hydrogen (secondary N) is 1. The van der Waals surface area contributed by atoms with Gasteiger partial charge in [0.2, 0.25) is 0 Å². The van der Waals surface area contributed by atoms with Crippen LogP contribution in [0.4, 0.5) is 0 Å². The van der Waals surface area contributed by atoms with E-state index in [9.17, 15) is 0 Å². The average Bonchev–Trinajstić information content (AvgIpc) is 2.89. The van der Waals surface area contributed by atoms with Gasteiger partial charge in [0.15, 0.2) is 0 Å². The monoisotopic (exact) mass is 271 g/mol. The van der Waals surface area contributed by atoms with Crippen molar-refractivity contribution in [3.8, 4) is 5.75 Å². The zero-order chi connectivity index (χ0) is 13.1. The Morgan fingerprint density at radius 3 is 3.00 bits per heavy atom. The molecule has 3 rings (SSSR count). The Morgan fingerprint density at radius 1 is 1.21 bits per heavy atom. The van der Waals surface area contributed by atoms with Crippen molar-refractivity contribution in [2.75, 3.05) is 12.9 Å². The van der Waals surface area contributed by atoms with Crippen molar-refractivity contribution >= 4 is 11.8 Å². The molecular weight excluding hydrogens is 254 g/mol. The zero-order valence-corrected chi connectivity index (χ0v) is 11.7. The second kappa shape index (κ2) is 5.68. The van der Waals surface area contributed by atoms with Crippen LogP contribution in [-0.4, -0.2) is 12.9 Å². The second-order valence-corrected chi connectivity index (χ2v) is 5.70. The van der Waals surface area contributed by atoms with Crippen molar-refractivity contribution in [2.24, 2.45) is 0 Å². The molecule has 0 aliphatic carbocycles. The van der Waals surface area contributed by atoms with Gasteiger partial charge in [0.25, 0.3) is 0 Å². The van der Waals surface area contributed by atoms with Gasteiger partial charge in [-0.15, -0.1) is 11.8 Å². The van der Waals surface area contributed by atoms with Crippen molar-refractivity contribution in [3.05, 3.63) is 59.7 Å². The van der Waals surface area contributed by atoms with E-state index in [-0.39, 0.29) is 0 Å². The summed E-state index contributed by atoms with van der Waals surface area (Å²) in [6.45, 7) is 0.872. The van der Waals surface area contributed by atoms with Crippen molar-refractivity contribution in [1.82, 2.24) is 5.32 Å². The highest BCUT2D eigenvalue weighted by molar-refractivity contribution is 7.99. The van der Waals surface area contributed by atoms with Crippen molar-refractivity contribution in [3.63, 3.8) is 0 Å². The molecule has 1 atom stereocenters. The minimum atomic E-state index is 0.451. The Bertz CT molecular complexity index is 570. The third-order valence-corrected chi connectivity index (χ3v) is 4.57. The Kier molecular flexibility index (Phi) is 3.76. The molecule has 1 unspecified atom stereocenters. The third kappa shape index (κ3) is 2.77. The number of methoxy groups -OCH3 is 1. The molecule has 2 nitrogen and oxygen atoms in total. The van der Waals surface area contributed by atoms with E-state index in [1.54, 1.807) is 7.11 Å². The van der Waals surface area contributed by atoms with Gasteiger partial charge in [-0.3, -0.25) is 0 Å². The number of hydrogen-bond acceptors (Lipinski definition) is 3. The van der Waals surface area contributed by atoms with Crippen LogP contribution in [0.15, 0.2) is 53.4 Å². The predicted molar refractivity (Wildman–Crippen MR) is 79.7 cm³/mol. The maximum absolute atomic E-state index is 5.25. The summed E-state index contributed by atoms with van der Waals surface area (Å²) in [6.07, 6.45) is 0. The molecule has 0 saturated heterocycles. The summed E-state index contributed by atoms with van der Waals surface area (Å²) in [5.74, 6) is 2.03. The van der Waals surface area contributed by atoms with Crippen LogP contribution in [0, 0.1) is 0 Å². The molecule has 3 heteroatoms. The van der Waals surface area contributed by atoms with Gasteiger partial charge in [-0.2, -0.15) is 0 Å². The Hall–Kier alpha value is -1.45. The molecular formula is C16H17NOS. The van der Waals surface area contributed by atoms with Crippen molar-refractivity contribution < 1.29 is 4.74 Å². The lowest BCUT2D eigenvalue weighted by atomic mass is 10.1. The molecule has 0 spiro atoms. The molecule has 1 N–H and O–H groups in total. The predicted octanol–water partition coefficient (Wildman–Crippen LogP) is 3.63. The maximum Gasteiger partial charge on any atom is 0.119 e. The summed E-state index contributed by atoms with van der Waals surface area (Å²) in [7, 11) is 1.70. The highest BCUT2D eigenvalue weighted by Crippen LogP contribution is 2.37. The SMILES string of the molecule is COc1cccc(CNC2CSc3ccccc32)c1. The minimum Gasteiger partial charge on any atom is -0.497 e. The van der Waals surface area contributed by atoms with Crippen LogP contribution in [0.2, 0.25) is 0 Å². The van der Waals surface area contributed by atoms with E-state index in [4.69, 9.17) is 4.74 Å². The van der Waals surface area contributed by atoms with E-state index < -0.39 is 0 Å². The van der Waals surface area contributed by atoms with E-state index in [2.05, 4.69) is 41.7 Å². The fraction of sp³-hybridized carbons (Fsp3) is 0.250. The highest BCUT2D eigenvalue weighted by atomic mass is 32.2. The molecule has 2 aromatic rings. The van der Waals surface area contributed by atoms with Gasteiger partial charge in [-0.1, -0.05) is 30.3 Å². The van der Waals surface area contributed by atoms with Gasteiger partial charge in [0.1, 0.15) is 5.75 Å². The Balaban J connectivity index is 1.67. The topological polar surface area (TPSA) is 21.3 Å². The standard InChI is InChI=1S/C16H17NOS/c1-18-13-6-4-5-12(9-13)10-17-15-11-19-16-8-3-2-7-14(15)16/h2-9,15,17H,10-11H2,1H3. The lowest BCUT2D eigenvalue weighted by Gasteiger charge is -2.13. The normalized spacial score (nSPS) is 17.2. The summed E-state index contributed by atoms with van der Waals surface area (Å²) in [6, 6.07) is 17.3. The summed E-state index contributed by atoms with van der Waals surface area (Å²) in [4.78, 5) is 1.41. The van der Waals surface area contributed by atoms with Crippen LogP contribution >= 0.6 is 11.8 Å². The fourth-order valence-corrected chi connectivity index (χ4v) is 3.55. The smallest absolute Gasteiger partial charge is 0.119 e. The molecule has 0 aromatic heterocycles. The van der Waals surface area contributed by atoms with Crippen LogP contribution in [0.25, 0.3) is 0 Å². The van der Waals surface area contributed by atoms with Crippen LogP contribution in [0.5, 0.6) is 5.75 Å². The third-order valence-electron chi connectivity index (χ3n) is 3.39. The second-order valence-electron chi connectivity index (χ2n) is 4.63. The van der Waals surface area contributed by atoms with Gasteiger partial charge in [0.05, 0.1) is 7.11 Å². The van der Waals surface area contributed by atoms with Gasteiger partial charge >= 0.3 is 0 Å². The average molecular weight is 271 g/mol. The molecule has 2 aromatic carbocycles. The molecule has 0 fully saturated rings. The lowest BCUT2D eigenvalue weighted by Crippen LogP contribution is -2.20. The molecule has 0 amide bonds. The van der Waals surface area contributed by atoms with E-state index in [1.807, 2.05) is 23.9 Å². The molecule has 98 valence electrons. The molecule has 0 radical (unpaired) electrons. The molecule has 0 saturated carbocycles. The lowest BCUT2D eigenvalue weighted by molar-refractivity contribution is 0.414. The van der Waals surface area contributed by atoms with Crippen LogP contribution in [-0.2, 0) is 6.54 Å². The number of ether oxygens (including phenoxy) is 1. The van der Waals surface area contributed by atoms with Crippen LogP contribution < -0.4 is 10.1 Å². The van der Waals surface area contributed by atoms with Gasteiger partial charge < -0.3 is 10.1 Å². The van der Waals surface area contributed by atoms with Crippen molar-refractivity contribution in [2.45, 2.75) is 17.5 Å². The van der Waals surface area contributed by atoms with Gasteiger partial charge in [0, 0.05) is 23.2 Å².